The van der Waals surface area contributed by atoms with Crippen molar-refractivity contribution in [2.45, 2.75) is 0 Å². The van der Waals surface area contributed by atoms with Crippen LogP contribution in [-0.4, -0.2) is 34.4 Å². The summed E-state index contributed by atoms with van der Waals surface area (Å²) >= 11 is 3.15. The molecule has 0 spiro atoms. The molecule has 0 saturated heterocycles. The minimum absolute atomic E-state index is 0.541. The zero-order valence-corrected chi connectivity index (χ0v) is 9.16. The number of hydrogen-bond donors (Lipinski definition) is 0. The van der Waals surface area contributed by atoms with Crippen LogP contribution in [-0.2, 0) is 0 Å². The van der Waals surface area contributed by atoms with E-state index in [0.29, 0.717) is 13.1 Å². The summed E-state index contributed by atoms with van der Waals surface area (Å²) in [6.07, 6.45) is 0. The van der Waals surface area contributed by atoms with Gasteiger partial charge in [0.2, 0.25) is 0 Å². The Labute approximate surface area is 73.7 Å². The molecular weight excluding hydrogens is 258 g/mol. The van der Waals surface area contributed by atoms with Crippen LogP contribution in [0.5, 0.6) is 5.75 Å². The van der Waals surface area contributed by atoms with Crippen LogP contribution >= 0.6 is 0 Å². The molecule has 54 valence electrons. The average Bonchev–Trinajstić information content (AvgIpc) is 2.05. The molecule has 0 radical (unpaired) electrons. The summed E-state index contributed by atoms with van der Waals surface area (Å²) in [5.41, 5.74) is 0. The van der Waals surface area contributed by atoms with Gasteiger partial charge in [0.05, 0.1) is 0 Å². The van der Waals surface area contributed by atoms with E-state index in [-0.39, 0.29) is 0 Å². The second-order valence-corrected chi connectivity index (χ2v) is 5.13. The molecule has 0 unspecified atom stereocenters. The number of hydrogen-bond acceptors (Lipinski definition) is 1. The molecule has 0 aliphatic heterocycles. The molecule has 1 aromatic carbocycles. The van der Waals surface area contributed by atoms with E-state index in [1.165, 1.54) is 4.46 Å². The van der Waals surface area contributed by atoms with Gasteiger partial charge in [-0.3, -0.25) is 0 Å². The molecule has 0 saturated carbocycles. The molecule has 10 heavy (non-hydrogen) atoms. The normalized spacial score (nSPS) is 9.40. The SMILES string of the molecule is COc1ccc([Se][SeH])cc1. The second kappa shape index (κ2) is 4.05. The Morgan fingerprint density at radius 2 is 1.90 bits per heavy atom. The summed E-state index contributed by atoms with van der Waals surface area (Å²) < 4.78 is 6.40. The summed E-state index contributed by atoms with van der Waals surface area (Å²) in [5, 5.41) is 0. The van der Waals surface area contributed by atoms with E-state index in [2.05, 4.69) is 26.3 Å². The van der Waals surface area contributed by atoms with Crippen molar-refractivity contribution in [2.24, 2.45) is 0 Å². The molecule has 0 aromatic heterocycles. The zero-order chi connectivity index (χ0) is 7.40. The fraction of sp³-hybridized carbons (Fsp3) is 0.143. The number of methoxy groups -OCH3 is 1. The molecule has 0 aliphatic rings. The van der Waals surface area contributed by atoms with Crippen LogP contribution in [0.2, 0.25) is 0 Å². The Kier molecular flexibility index (Phi) is 3.30. The standard InChI is InChI=1S/C7H8OSe2/c1-8-6-2-4-7(10-9)5-3-6/h2-5,9H,1H3. The molecule has 0 N–H and O–H groups in total. The molecule has 0 amide bonds. The van der Waals surface area contributed by atoms with Gasteiger partial charge in [-0.2, -0.15) is 0 Å². The van der Waals surface area contributed by atoms with E-state index in [4.69, 9.17) is 4.74 Å². The quantitative estimate of drug-likeness (QED) is 0.676. The third-order valence-corrected chi connectivity index (χ3v) is 4.48. The van der Waals surface area contributed by atoms with Crippen LogP contribution < -0.4 is 9.20 Å². The molecular formula is C7H8OSe2. The first-order chi connectivity index (χ1) is 4.86. The van der Waals surface area contributed by atoms with Gasteiger partial charge in [0.1, 0.15) is 0 Å². The molecule has 0 aliphatic carbocycles. The third kappa shape index (κ3) is 2.03. The molecule has 0 atom stereocenters. The van der Waals surface area contributed by atoms with Gasteiger partial charge < -0.3 is 0 Å². The van der Waals surface area contributed by atoms with Gasteiger partial charge in [0, 0.05) is 0 Å². The van der Waals surface area contributed by atoms with Crippen LogP contribution in [0.15, 0.2) is 24.3 Å². The van der Waals surface area contributed by atoms with Crippen LogP contribution in [0.4, 0.5) is 0 Å². The van der Waals surface area contributed by atoms with Crippen molar-refractivity contribution in [1.29, 1.82) is 0 Å². The van der Waals surface area contributed by atoms with Crippen LogP contribution in [0, 0.1) is 0 Å². The summed E-state index contributed by atoms with van der Waals surface area (Å²) in [6.45, 7) is 0. The molecule has 0 fully saturated rings. The van der Waals surface area contributed by atoms with Crippen LogP contribution in [0.1, 0.15) is 0 Å². The van der Waals surface area contributed by atoms with Crippen molar-refractivity contribution >= 4 is 31.8 Å². The van der Waals surface area contributed by atoms with Crippen molar-refractivity contribution in [3.8, 4) is 5.75 Å². The number of benzene rings is 1. The van der Waals surface area contributed by atoms with E-state index in [9.17, 15) is 0 Å². The molecule has 0 bridgehead atoms. The van der Waals surface area contributed by atoms with Crippen molar-refractivity contribution in [3.63, 3.8) is 0 Å². The predicted octanol–water partition coefficient (Wildman–Crippen LogP) is -0.160. The first-order valence-electron chi connectivity index (χ1n) is 2.82. The molecule has 0 heterocycles. The van der Waals surface area contributed by atoms with Crippen molar-refractivity contribution in [1.82, 2.24) is 0 Å². The third-order valence-electron chi connectivity index (χ3n) is 1.16. The Hall–Kier alpha value is 0.0590. The van der Waals surface area contributed by atoms with Gasteiger partial charge in [-0.1, -0.05) is 0 Å². The number of ether oxygens (including phenoxy) is 1. The van der Waals surface area contributed by atoms with E-state index in [0.717, 1.165) is 5.75 Å². The fourth-order valence-electron chi connectivity index (χ4n) is 0.637. The first-order valence-corrected chi connectivity index (χ1v) is 8.42. The number of rotatable bonds is 2. The first kappa shape index (κ1) is 8.16. The molecule has 1 aromatic rings. The fourth-order valence-corrected chi connectivity index (χ4v) is 2.50. The summed E-state index contributed by atoms with van der Waals surface area (Å²) in [5.74, 6) is 0.931. The maximum atomic E-state index is 5.02. The average molecular weight is 266 g/mol. The van der Waals surface area contributed by atoms with E-state index in [1.54, 1.807) is 7.11 Å². The maximum absolute atomic E-state index is 5.02. The molecule has 1 rings (SSSR count). The van der Waals surface area contributed by atoms with Crippen molar-refractivity contribution in [3.05, 3.63) is 24.3 Å². The topological polar surface area (TPSA) is 9.23 Å². The molecule has 3 heteroatoms. The summed E-state index contributed by atoms with van der Waals surface area (Å²) in [6, 6.07) is 8.17. The Morgan fingerprint density at radius 3 is 2.30 bits per heavy atom. The van der Waals surface area contributed by atoms with Gasteiger partial charge in [-0.05, 0) is 0 Å². The van der Waals surface area contributed by atoms with E-state index in [1.807, 2.05) is 12.1 Å². The van der Waals surface area contributed by atoms with Gasteiger partial charge in [0.15, 0.2) is 0 Å². The van der Waals surface area contributed by atoms with Crippen molar-refractivity contribution in [2.75, 3.05) is 7.11 Å². The summed E-state index contributed by atoms with van der Waals surface area (Å²) in [4.78, 5) is 0. The Morgan fingerprint density at radius 1 is 1.30 bits per heavy atom. The minimum atomic E-state index is 0.541. The van der Waals surface area contributed by atoms with Gasteiger partial charge in [-0.15, -0.1) is 0 Å². The van der Waals surface area contributed by atoms with Crippen LogP contribution in [0.25, 0.3) is 0 Å². The molecule has 1 nitrogen and oxygen atoms in total. The second-order valence-electron chi connectivity index (χ2n) is 1.77. The van der Waals surface area contributed by atoms with Crippen molar-refractivity contribution < 1.29 is 4.74 Å². The van der Waals surface area contributed by atoms with Gasteiger partial charge >= 0.3 is 73.6 Å². The zero-order valence-electron chi connectivity index (χ0n) is 5.57. The van der Waals surface area contributed by atoms with Crippen LogP contribution in [0.3, 0.4) is 0 Å². The monoisotopic (exact) mass is 268 g/mol. The van der Waals surface area contributed by atoms with Gasteiger partial charge in [0.25, 0.3) is 0 Å². The van der Waals surface area contributed by atoms with Gasteiger partial charge in [-0.25, -0.2) is 0 Å². The van der Waals surface area contributed by atoms with E-state index < -0.39 is 0 Å². The Balaban J connectivity index is 2.80. The van der Waals surface area contributed by atoms with E-state index >= 15 is 0 Å². The predicted molar refractivity (Wildman–Crippen MR) is 45.5 cm³/mol. The summed E-state index contributed by atoms with van der Waals surface area (Å²) in [7, 11) is 1.68. The Bertz CT molecular complexity index is 172.